The summed E-state index contributed by atoms with van der Waals surface area (Å²) < 4.78 is 0. The first kappa shape index (κ1) is 9.18. The molecule has 3 nitrogen and oxygen atoms in total. The Morgan fingerprint density at radius 2 is 2.31 bits per heavy atom. The SMILES string of the molecule is CC(N=C=O)c1cccc(C#N)c1. The highest BCUT2D eigenvalue weighted by Gasteiger charge is 2.02. The lowest BCUT2D eigenvalue weighted by Crippen LogP contribution is -1.89. The smallest absolute Gasteiger partial charge is 0.211 e. The zero-order valence-electron chi connectivity index (χ0n) is 7.19. The molecule has 1 unspecified atom stereocenters. The molecule has 0 radical (unpaired) electrons. The molecule has 1 atom stereocenters. The first-order valence-electron chi connectivity index (χ1n) is 3.85. The summed E-state index contributed by atoms with van der Waals surface area (Å²) in [6.07, 6.45) is 1.50. The Kier molecular flexibility index (Phi) is 2.97. The Bertz CT molecular complexity index is 386. The van der Waals surface area contributed by atoms with Gasteiger partial charge in [-0.05, 0) is 24.6 Å². The van der Waals surface area contributed by atoms with E-state index in [-0.39, 0.29) is 6.04 Å². The quantitative estimate of drug-likeness (QED) is 0.505. The van der Waals surface area contributed by atoms with Crippen LogP contribution in [0.2, 0.25) is 0 Å². The van der Waals surface area contributed by atoms with Crippen molar-refractivity contribution < 1.29 is 4.79 Å². The lowest BCUT2D eigenvalue weighted by Gasteiger charge is -2.03. The number of carbonyl (C=O) groups excluding carboxylic acids is 1. The first-order chi connectivity index (χ1) is 6.27. The van der Waals surface area contributed by atoms with Crippen molar-refractivity contribution in [2.75, 3.05) is 0 Å². The number of rotatable bonds is 2. The molecule has 0 saturated carbocycles. The second-order valence-corrected chi connectivity index (χ2v) is 2.63. The molecule has 0 heterocycles. The Balaban J connectivity index is 3.02. The average Bonchev–Trinajstić information content (AvgIpc) is 2.18. The normalized spacial score (nSPS) is 11.1. The number of nitriles is 1. The minimum Gasteiger partial charge on any atom is -0.211 e. The van der Waals surface area contributed by atoms with Crippen LogP contribution in [-0.2, 0) is 4.79 Å². The van der Waals surface area contributed by atoms with Crippen LogP contribution < -0.4 is 0 Å². The predicted molar refractivity (Wildman–Crippen MR) is 47.7 cm³/mol. The Hall–Kier alpha value is -1.91. The van der Waals surface area contributed by atoms with Gasteiger partial charge in [0.05, 0.1) is 17.7 Å². The Morgan fingerprint density at radius 1 is 1.54 bits per heavy atom. The summed E-state index contributed by atoms with van der Waals surface area (Å²) in [7, 11) is 0. The fraction of sp³-hybridized carbons (Fsp3) is 0.200. The van der Waals surface area contributed by atoms with Crippen LogP contribution in [0, 0.1) is 11.3 Å². The number of isocyanates is 1. The molecule has 0 saturated heterocycles. The van der Waals surface area contributed by atoms with Crippen LogP contribution in [0.25, 0.3) is 0 Å². The fourth-order valence-corrected chi connectivity index (χ4v) is 1.02. The van der Waals surface area contributed by atoms with E-state index in [0.717, 1.165) is 5.56 Å². The highest BCUT2D eigenvalue weighted by molar-refractivity contribution is 5.38. The van der Waals surface area contributed by atoms with Crippen LogP contribution in [0.5, 0.6) is 0 Å². The summed E-state index contributed by atoms with van der Waals surface area (Å²) in [6.45, 7) is 1.78. The standard InChI is InChI=1S/C10H8N2O/c1-8(12-7-13)10-4-2-3-9(5-10)6-11/h2-5,8H,1H3. The number of hydrogen-bond acceptors (Lipinski definition) is 3. The van der Waals surface area contributed by atoms with Crippen LogP contribution in [0.1, 0.15) is 24.1 Å². The van der Waals surface area contributed by atoms with Gasteiger partial charge in [-0.2, -0.15) is 10.3 Å². The maximum Gasteiger partial charge on any atom is 0.235 e. The van der Waals surface area contributed by atoms with E-state index < -0.39 is 0 Å². The van der Waals surface area contributed by atoms with E-state index in [9.17, 15) is 4.79 Å². The van der Waals surface area contributed by atoms with Crippen molar-refractivity contribution in [2.45, 2.75) is 13.0 Å². The van der Waals surface area contributed by atoms with Crippen LogP contribution in [0.3, 0.4) is 0 Å². The van der Waals surface area contributed by atoms with Gasteiger partial charge in [0.1, 0.15) is 0 Å². The van der Waals surface area contributed by atoms with E-state index in [1.807, 2.05) is 12.1 Å². The van der Waals surface area contributed by atoms with Crippen molar-refractivity contribution in [1.82, 2.24) is 0 Å². The molecule has 1 aromatic carbocycles. The molecule has 0 bridgehead atoms. The summed E-state index contributed by atoms with van der Waals surface area (Å²) in [4.78, 5) is 13.5. The van der Waals surface area contributed by atoms with Gasteiger partial charge in [0.25, 0.3) is 0 Å². The van der Waals surface area contributed by atoms with Gasteiger partial charge in [0, 0.05) is 0 Å². The molecular formula is C10H8N2O. The molecule has 0 fully saturated rings. The second kappa shape index (κ2) is 4.20. The van der Waals surface area contributed by atoms with E-state index in [2.05, 4.69) is 4.99 Å². The molecule has 64 valence electrons. The number of aliphatic imine (C=N–C) groups is 1. The third-order valence-corrected chi connectivity index (χ3v) is 1.74. The third kappa shape index (κ3) is 2.26. The summed E-state index contributed by atoms with van der Waals surface area (Å²) in [5.74, 6) is 0. The minimum absolute atomic E-state index is 0.231. The molecule has 0 aliphatic carbocycles. The maximum absolute atomic E-state index is 9.99. The van der Waals surface area contributed by atoms with Gasteiger partial charge in [0.15, 0.2) is 0 Å². The number of hydrogen-bond donors (Lipinski definition) is 0. The third-order valence-electron chi connectivity index (χ3n) is 1.74. The molecule has 0 spiro atoms. The summed E-state index contributed by atoms with van der Waals surface area (Å²) in [5, 5.41) is 8.62. The molecule has 3 heteroatoms. The molecule has 0 aliphatic rings. The highest BCUT2D eigenvalue weighted by atomic mass is 16.1. The van der Waals surface area contributed by atoms with Crippen LogP contribution in [-0.4, -0.2) is 6.08 Å². The molecule has 0 N–H and O–H groups in total. The van der Waals surface area contributed by atoms with Crippen molar-refractivity contribution in [1.29, 1.82) is 5.26 Å². The summed E-state index contributed by atoms with van der Waals surface area (Å²) in [6, 6.07) is 8.81. The van der Waals surface area contributed by atoms with Crippen molar-refractivity contribution in [2.24, 2.45) is 4.99 Å². The zero-order valence-corrected chi connectivity index (χ0v) is 7.19. The largest absolute Gasteiger partial charge is 0.235 e. The summed E-state index contributed by atoms with van der Waals surface area (Å²) >= 11 is 0. The Labute approximate surface area is 76.3 Å². The minimum atomic E-state index is -0.231. The predicted octanol–water partition coefficient (Wildman–Crippen LogP) is 1.96. The fourth-order valence-electron chi connectivity index (χ4n) is 1.02. The summed E-state index contributed by atoms with van der Waals surface area (Å²) in [5.41, 5.74) is 1.42. The zero-order chi connectivity index (χ0) is 9.68. The number of benzene rings is 1. The topological polar surface area (TPSA) is 53.2 Å². The van der Waals surface area contributed by atoms with Crippen molar-refractivity contribution in [3.8, 4) is 6.07 Å². The number of nitrogens with zero attached hydrogens (tertiary/aromatic N) is 2. The molecule has 13 heavy (non-hydrogen) atoms. The van der Waals surface area contributed by atoms with Gasteiger partial charge in [-0.25, -0.2) is 4.79 Å². The van der Waals surface area contributed by atoms with Gasteiger partial charge >= 0.3 is 0 Å². The maximum atomic E-state index is 9.99. The molecule has 1 rings (SSSR count). The molecule has 1 aromatic rings. The molecule has 0 aromatic heterocycles. The Morgan fingerprint density at radius 3 is 2.92 bits per heavy atom. The average molecular weight is 172 g/mol. The first-order valence-corrected chi connectivity index (χ1v) is 3.85. The van der Waals surface area contributed by atoms with Crippen LogP contribution in [0.4, 0.5) is 0 Å². The lowest BCUT2D eigenvalue weighted by molar-refractivity contribution is 0.559. The van der Waals surface area contributed by atoms with Crippen molar-refractivity contribution >= 4 is 6.08 Å². The molecule has 0 aliphatic heterocycles. The lowest BCUT2D eigenvalue weighted by atomic mass is 10.1. The van der Waals surface area contributed by atoms with Crippen LogP contribution in [0.15, 0.2) is 29.3 Å². The molecular weight excluding hydrogens is 164 g/mol. The monoisotopic (exact) mass is 172 g/mol. The molecule has 0 amide bonds. The van der Waals surface area contributed by atoms with Gasteiger partial charge < -0.3 is 0 Å². The second-order valence-electron chi connectivity index (χ2n) is 2.63. The van der Waals surface area contributed by atoms with Gasteiger partial charge in [-0.3, -0.25) is 0 Å². The van der Waals surface area contributed by atoms with E-state index in [1.165, 1.54) is 6.08 Å². The van der Waals surface area contributed by atoms with Crippen molar-refractivity contribution in [3.05, 3.63) is 35.4 Å². The van der Waals surface area contributed by atoms with E-state index in [4.69, 9.17) is 5.26 Å². The van der Waals surface area contributed by atoms with Gasteiger partial charge in [-0.15, -0.1) is 0 Å². The van der Waals surface area contributed by atoms with Gasteiger partial charge in [0.2, 0.25) is 6.08 Å². The van der Waals surface area contributed by atoms with E-state index >= 15 is 0 Å². The van der Waals surface area contributed by atoms with E-state index in [1.54, 1.807) is 25.1 Å². The van der Waals surface area contributed by atoms with Gasteiger partial charge in [-0.1, -0.05) is 12.1 Å². The van der Waals surface area contributed by atoms with Crippen LogP contribution >= 0.6 is 0 Å². The van der Waals surface area contributed by atoms with Crippen molar-refractivity contribution in [3.63, 3.8) is 0 Å². The van der Waals surface area contributed by atoms with E-state index in [0.29, 0.717) is 5.56 Å². The highest BCUT2D eigenvalue weighted by Crippen LogP contribution is 2.16.